The van der Waals surface area contributed by atoms with E-state index in [-0.39, 0.29) is 6.04 Å². The second-order valence-corrected chi connectivity index (χ2v) is 5.39. The number of hydrogen-bond acceptors (Lipinski definition) is 3. The summed E-state index contributed by atoms with van der Waals surface area (Å²) >= 11 is 6.26. The van der Waals surface area contributed by atoms with Crippen LogP contribution in [0.3, 0.4) is 0 Å². The van der Waals surface area contributed by atoms with Gasteiger partial charge in [-0.2, -0.15) is 0 Å². The molecule has 3 nitrogen and oxygen atoms in total. The molecule has 1 aliphatic rings. The molecule has 0 bridgehead atoms. The van der Waals surface area contributed by atoms with Crippen molar-refractivity contribution >= 4 is 11.6 Å². The van der Waals surface area contributed by atoms with E-state index in [9.17, 15) is 0 Å². The number of halogens is 1. The molecule has 0 amide bonds. The number of nitrogens with one attached hydrogen (secondary N) is 1. The lowest BCUT2D eigenvalue weighted by Crippen LogP contribution is -2.19. The van der Waals surface area contributed by atoms with Crippen molar-refractivity contribution in [3.63, 3.8) is 0 Å². The molecular formula is C16H18ClNO2. The lowest BCUT2D eigenvalue weighted by molar-refractivity contribution is 0.351. The van der Waals surface area contributed by atoms with Crippen LogP contribution in [0.25, 0.3) is 0 Å². The summed E-state index contributed by atoms with van der Waals surface area (Å²) in [5.74, 6) is 1.97. The molecule has 106 valence electrons. The summed E-state index contributed by atoms with van der Waals surface area (Å²) in [5, 5.41) is 4.11. The Morgan fingerprint density at radius 3 is 2.95 bits per heavy atom. The number of hydrogen-bond donors (Lipinski definition) is 1. The van der Waals surface area contributed by atoms with Crippen LogP contribution in [-0.2, 0) is 12.8 Å². The zero-order chi connectivity index (χ0) is 14.1. The summed E-state index contributed by atoms with van der Waals surface area (Å²) in [7, 11) is 1.94. The third-order valence-corrected chi connectivity index (χ3v) is 4.01. The van der Waals surface area contributed by atoms with Crippen LogP contribution in [0, 0.1) is 0 Å². The molecule has 1 unspecified atom stereocenters. The average Bonchev–Trinajstić information content (AvgIpc) is 3.07. The highest BCUT2D eigenvalue weighted by Gasteiger charge is 2.25. The van der Waals surface area contributed by atoms with Gasteiger partial charge in [0.15, 0.2) is 0 Å². The van der Waals surface area contributed by atoms with E-state index < -0.39 is 0 Å². The summed E-state index contributed by atoms with van der Waals surface area (Å²) in [6.07, 6.45) is 3.53. The molecule has 1 atom stereocenters. The molecule has 0 saturated carbocycles. The van der Waals surface area contributed by atoms with Crippen molar-refractivity contribution in [1.82, 2.24) is 5.32 Å². The van der Waals surface area contributed by atoms with Crippen LogP contribution in [0.15, 0.2) is 28.9 Å². The Kier molecular flexibility index (Phi) is 3.72. The molecular weight excluding hydrogens is 274 g/mol. The smallest absolute Gasteiger partial charge is 0.127 e. The average molecular weight is 292 g/mol. The Balaban J connectivity index is 2.11. The number of aryl methyl sites for hydroxylation is 1. The van der Waals surface area contributed by atoms with E-state index in [1.165, 1.54) is 5.56 Å². The molecule has 1 aromatic heterocycles. The van der Waals surface area contributed by atoms with Crippen LogP contribution in [0.5, 0.6) is 5.75 Å². The lowest BCUT2D eigenvalue weighted by atomic mass is 9.95. The van der Waals surface area contributed by atoms with Gasteiger partial charge in [0.1, 0.15) is 11.5 Å². The van der Waals surface area contributed by atoms with Crippen molar-refractivity contribution in [2.75, 3.05) is 13.7 Å². The van der Waals surface area contributed by atoms with Gasteiger partial charge < -0.3 is 14.5 Å². The van der Waals surface area contributed by atoms with Crippen molar-refractivity contribution in [2.45, 2.75) is 25.8 Å². The highest BCUT2D eigenvalue weighted by atomic mass is 35.5. The summed E-state index contributed by atoms with van der Waals surface area (Å²) < 4.78 is 11.4. The van der Waals surface area contributed by atoms with Gasteiger partial charge in [-0.1, -0.05) is 18.5 Å². The maximum atomic E-state index is 6.26. The molecule has 0 fully saturated rings. The van der Waals surface area contributed by atoms with Crippen LogP contribution >= 0.6 is 11.6 Å². The molecule has 3 rings (SSSR count). The maximum absolute atomic E-state index is 6.26. The SMILES string of the molecule is CCc1occc1C(NC)c1cc(Cl)cc2c1OCC2. The minimum atomic E-state index is 0.0363. The Morgan fingerprint density at radius 1 is 1.35 bits per heavy atom. The number of ether oxygens (including phenoxy) is 1. The number of rotatable bonds is 4. The van der Waals surface area contributed by atoms with Crippen LogP contribution in [0.4, 0.5) is 0 Å². The standard InChI is InChI=1S/C16H18ClNO2/c1-3-14-12(5-7-19-14)15(18-2)13-9-11(17)8-10-4-6-20-16(10)13/h5,7-9,15,18H,3-4,6H2,1-2H3. The molecule has 4 heteroatoms. The summed E-state index contributed by atoms with van der Waals surface area (Å²) in [5.41, 5.74) is 3.42. The van der Waals surface area contributed by atoms with E-state index in [2.05, 4.69) is 12.2 Å². The Labute approximate surface area is 123 Å². The molecule has 1 aromatic carbocycles. The topological polar surface area (TPSA) is 34.4 Å². The van der Waals surface area contributed by atoms with Crippen LogP contribution in [0.2, 0.25) is 5.02 Å². The molecule has 0 saturated heterocycles. The quantitative estimate of drug-likeness (QED) is 0.932. The van der Waals surface area contributed by atoms with Gasteiger partial charge in [0.25, 0.3) is 0 Å². The highest BCUT2D eigenvalue weighted by Crippen LogP contribution is 2.39. The normalized spacial score (nSPS) is 14.9. The molecule has 20 heavy (non-hydrogen) atoms. The summed E-state index contributed by atoms with van der Waals surface area (Å²) in [6.45, 7) is 2.82. The molecule has 1 aliphatic heterocycles. The Hall–Kier alpha value is -1.45. The molecule has 0 spiro atoms. The van der Waals surface area contributed by atoms with Crippen molar-refractivity contribution in [3.8, 4) is 5.75 Å². The summed E-state index contributed by atoms with van der Waals surface area (Å²) in [6, 6.07) is 6.03. The van der Waals surface area contributed by atoms with E-state index in [4.69, 9.17) is 20.8 Å². The van der Waals surface area contributed by atoms with Crippen molar-refractivity contribution in [1.29, 1.82) is 0 Å². The van der Waals surface area contributed by atoms with E-state index in [1.54, 1.807) is 6.26 Å². The molecule has 2 aromatic rings. The predicted octanol–water partition coefficient (Wildman–Crippen LogP) is 3.74. The van der Waals surface area contributed by atoms with Crippen LogP contribution < -0.4 is 10.1 Å². The van der Waals surface area contributed by atoms with Gasteiger partial charge in [0, 0.05) is 29.0 Å². The predicted molar refractivity (Wildman–Crippen MR) is 79.6 cm³/mol. The third-order valence-electron chi connectivity index (χ3n) is 3.79. The molecule has 1 N–H and O–H groups in total. The number of furan rings is 1. The fourth-order valence-corrected chi connectivity index (χ4v) is 3.14. The monoisotopic (exact) mass is 291 g/mol. The van der Waals surface area contributed by atoms with Crippen molar-refractivity contribution in [2.24, 2.45) is 0 Å². The van der Waals surface area contributed by atoms with Gasteiger partial charge in [-0.05, 0) is 30.8 Å². The van der Waals surface area contributed by atoms with Gasteiger partial charge in [0.2, 0.25) is 0 Å². The van der Waals surface area contributed by atoms with Gasteiger partial charge in [0.05, 0.1) is 18.9 Å². The zero-order valence-electron chi connectivity index (χ0n) is 11.7. The van der Waals surface area contributed by atoms with Gasteiger partial charge in [-0.25, -0.2) is 0 Å². The zero-order valence-corrected chi connectivity index (χ0v) is 12.5. The first-order chi connectivity index (χ1) is 9.74. The fraction of sp³-hybridized carbons (Fsp3) is 0.375. The van der Waals surface area contributed by atoms with Crippen LogP contribution in [-0.4, -0.2) is 13.7 Å². The first-order valence-corrected chi connectivity index (χ1v) is 7.31. The van der Waals surface area contributed by atoms with E-state index in [1.807, 2.05) is 25.2 Å². The van der Waals surface area contributed by atoms with E-state index in [0.29, 0.717) is 0 Å². The number of benzene rings is 1. The molecule has 2 heterocycles. The largest absolute Gasteiger partial charge is 0.493 e. The Bertz CT molecular complexity index is 621. The second kappa shape index (κ2) is 5.51. The second-order valence-electron chi connectivity index (χ2n) is 4.96. The first-order valence-electron chi connectivity index (χ1n) is 6.93. The minimum Gasteiger partial charge on any atom is -0.493 e. The van der Waals surface area contributed by atoms with Gasteiger partial charge in [-0.3, -0.25) is 0 Å². The fourth-order valence-electron chi connectivity index (χ4n) is 2.89. The Morgan fingerprint density at radius 2 is 2.20 bits per heavy atom. The van der Waals surface area contributed by atoms with E-state index in [0.717, 1.165) is 47.1 Å². The maximum Gasteiger partial charge on any atom is 0.127 e. The first kappa shape index (κ1) is 13.5. The minimum absolute atomic E-state index is 0.0363. The highest BCUT2D eigenvalue weighted by molar-refractivity contribution is 6.30. The number of fused-ring (bicyclic) bond motifs is 1. The van der Waals surface area contributed by atoms with Crippen molar-refractivity contribution in [3.05, 3.63) is 51.9 Å². The lowest BCUT2D eigenvalue weighted by Gasteiger charge is -2.20. The van der Waals surface area contributed by atoms with Crippen molar-refractivity contribution < 1.29 is 9.15 Å². The molecule has 0 aliphatic carbocycles. The summed E-state index contributed by atoms with van der Waals surface area (Å²) in [4.78, 5) is 0. The van der Waals surface area contributed by atoms with Gasteiger partial charge in [-0.15, -0.1) is 0 Å². The van der Waals surface area contributed by atoms with Gasteiger partial charge >= 0.3 is 0 Å². The molecule has 0 radical (unpaired) electrons. The third kappa shape index (κ3) is 2.21. The van der Waals surface area contributed by atoms with Crippen LogP contribution in [0.1, 0.15) is 35.4 Å². The van der Waals surface area contributed by atoms with E-state index >= 15 is 0 Å².